The van der Waals surface area contributed by atoms with E-state index in [4.69, 9.17) is 9.72 Å². The molecule has 1 fully saturated rings. The summed E-state index contributed by atoms with van der Waals surface area (Å²) in [7, 11) is 1.90. The summed E-state index contributed by atoms with van der Waals surface area (Å²) in [6.07, 6.45) is 2.42. The summed E-state index contributed by atoms with van der Waals surface area (Å²) >= 11 is 0. The molecule has 1 aromatic heterocycles. The number of hydrogen-bond acceptors (Lipinski definition) is 4. The van der Waals surface area contributed by atoms with E-state index in [1.54, 1.807) is 0 Å². The van der Waals surface area contributed by atoms with E-state index in [-0.39, 0.29) is 11.5 Å². The molecule has 0 aliphatic heterocycles. The van der Waals surface area contributed by atoms with Gasteiger partial charge in [0.15, 0.2) is 5.82 Å². The molecule has 2 rings (SSSR count). The zero-order valence-electron chi connectivity index (χ0n) is 12.7. The Kier molecular flexibility index (Phi) is 4.09. The highest BCUT2D eigenvalue weighted by Crippen LogP contribution is 2.41. The largest absolute Gasteiger partial charge is 0.373 e. The van der Waals surface area contributed by atoms with Crippen molar-refractivity contribution in [2.45, 2.75) is 52.6 Å². The molecular weight excluding hydrogens is 238 g/mol. The van der Waals surface area contributed by atoms with Crippen LogP contribution >= 0.6 is 0 Å². The minimum absolute atomic E-state index is 0.0107. The van der Waals surface area contributed by atoms with Crippen molar-refractivity contribution in [3.63, 3.8) is 0 Å². The first-order chi connectivity index (χ1) is 8.95. The van der Waals surface area contributed by atoms with Gasteiger partial charge >= 0.3 is 0 Å². The van der Waals surface area contributed by atoms with Gasteiger partial charge in [-0.1, -0.05) is 20.8 Å². The van der Waals surface area contributed by atoms with E-state index in [1.807, 2.05) is 14.0 Å². The molecule has 0 amide bonds. The molecule has 0 saturated heterocycles. The third-order valence-electron chi connectivity index (χ3n) is 3.37. The fraction of sp³-hybridized carbons (Fsp3) is 0.733. The number of anilines is 1. The maximum atomic E-state index is 5.89. The van der Waals surface area contributed by atoms with Crippen molar-refractivity contribution in [3.05, 3.63) is 17.6 Å². The normalized spacial score (nSPS) is 17.3. The molecule has 4 nitrogen and oxygen atoms in total. The molecule has 106 valence electrons. The van der Waals surface area contributed by atoms with E-state index >= 15 is 0 Å². The van der Waals surface area contributed by atoms with Gasteiger partial charge in [0, 0.05) is 31.3 Å². The van der Waals surface area contributed by atoms with Crippen LogP contribution in [-0.4, -0.2) is 23.6 Å². The summed E-state index contributed by atoms with van der Waals surface area (Å²) in [4.78, 5) is 9.35. The predicted molar refractivity (Wildman–Crippen MR) is 77.4 cm³/mol. The molecule has 1 heterocycles. The molecule has 0 bridgehead atoms. The average Bonchev–Trinajstić information content (AvgIpc) is 3.18. The van der Waals surface area contributed by atoms with Crippen molar-refractivity contribution in [2.75, 3.05) is 19.0 Å². The van der Waals surface area contributed by atoms with Gasteiger partial charge < -0.3 is 10.1 Å². The quantitative estimate of drug-likeness (QED) is 0.883. The molecule has 1 unspecified atom stereocenters. The smallest absolute Gasteiger partial charge is 0.160 e. The van der Waals surface area contributed by atoms with E-state index < -0.39 is 0 Å². The standard InChI is InChI=1S/C15H25N3O/c1-6-19-13(15(2,3)4)14-17-11(10-7-8-10)9-12(16-5)18-14/h9-10,13H,6-8H2,1-5H3,(H,16,17,18). The third-order valence-corrected chi connectivity index (χ3v) is 3.37. The van der Waals surface area contributed by atoms with Gasteiger partial charge in [0.2, 0.25) is 0 Å². The Labute approximate surface area is 116 Å². The van der Waals surface area contributed by atoms with Crippen molar-refractivity contribution < 1.29 is 4.74 Å². The number of aromatic nitrogens is 2. The van der Waals surface area contributed by atoms with Crippen LogP contribution in [0, 0.1) is 5.41 Å². The summed E-state index contributed by atoms with van der Waals surface area (Å²) in [5.74, 6) is 2.32. The molecule has 4 heteroatoms. The maximum absolute atomic E-state index is 5.89. The first-order valence-electron chi connectivity index (χ1n) is 7.14. The molecule has 0 radical (unpaired) electrons. The number of nitrogens with zero attached hydrogens (tertiary/aromatic N) is 2. The average molecular weight is 263 g/mol. The lowest BCUT2D eigenvalue weighted by atomic mass is 9.88. The summed E-state index contributed by atoms with van der Waals surface area (Å²) in [6, 6.07) is 2.06. The fourth-order valence-corrected chi connectivity index (χ4v) is 2.20. The Balaban J connectivity index is 2.37. The lowest BCUT2D eigenvalue weighted by molar-refractivity contribution is -0.0191. The van der Waals surface area contributed by atoms with Gasteiger partial charge in [-0.25, -0.2) is 9.97 Å². The Morgan fingerprint density at radius 3 is 2.53 bits per heavy atom. The van der Waals surface area contributed by atoms with E-state index in [1.165, 1.54) is 12.8 Å². The number of rotatable bonds is 5. The van der Waals surface area contributed by atoms with Crippen LogP contribution in [0.15, 0.2) is 6.07 Å². The zero-order valence-corrected chi connectivity index (χ0v) is 12.7. The van der Waals surface area contributed by atoms with E-state index in [9.17, 15) is 0 Å². The number of nitrogens with one attached hydrogen (secondary N) is 1. The Morgan fingerprint density at radius 2 is 2.05 bits per heavy atom. The monoisotopic (exact) mass is 263 g/mol. The van der Waals surface area contributed by atoms with Crippen molar-refractivity contribution in [1.29, 1.82) is 0 Å². The molecule has 1 saturated carbocycles. The Bertz CT molecular complexity index is 436. The lowest BCUT2D eigenvalue weighted by Gasteiger charge is -2.29. The van der Waals surface area contributed by atoms with Gasteiger partial charge in [0.1, 0.15) is 11.9 Å². The van der Waals surface area contributed by atoms with Crippen LogP contribution in [0.25, 0.3) is 0 Å². The predicted octanol–water partition coefficient (Wildman–Crippen LogP) is 3.52. The van der Waals surface area contributed by atoms with Gasteiger partial charge in [0.05, 0.1) is 0 Å². The number of ether oxygens (including phenoxy) is 1. The molecule has 19 heavy (non-hydrogen) atoms. The molecule has 1 atom stereocenters. The Hall–Kier alpha value is -1.16. The molecule has 1 N–H and O–H groups in total. The van der Waals surface area contributed by atoms with Gasteiger partial charge in [-0.05, 0) is 25.2 Å². The van der Waals surface area contributed by atoms with Crippen LogP contribution in [0.1, 0.15) is 64.1 Å². The van der Waals surface area contributed by atoms with Crippen LogP contribution in [-0.2, 0) is 4.74 Å². The van der Waals surface area contributed by atoms with Crippen LogP contribution in [0.4, 0.5) is 5.82 Å². The van der Waals surface area contributed by atoms with E-state index in [0.717, 1.165) is 17.3 Å². The second-order valence-corrected chi connectivity index (χ2v) is 6.26. The number of hydrogen-bond donors (Lipinski definition) is 1. The van der Waals surface area contributed by atoms with E-state index in [2.05, 4.69) is 37.1 Å². The van der Waals surface area contributed by atoms with Crippen LogP contribution < -0.4 is 5.32 Å². The minimum Gasteiger partial charge on any atom is -0.373 e. The first kappa shape index (κ1) is 14.3. The summed E-state index contributed by atoms with van der Waals surface area (Å²) in [5.41, 5.74) is 1.15. The summed E-state index contributed by atoms with van der Waals surface area (Å²) in [5, 5.41) is 3.13. The second-order valence-electron chi connectivity index (χ2n) is 6.26. The van der Waals surface area contributed by atoms with Gasteiger partial charge in [-0.3, -0.25) is 0 Å². The van der Waals surface area contributed by atoms with Gasteiger partial charge in [0.25, 0.3) is 0 Å². The van der Waals surface area contributed by atoms with Gasteiger partial charge in [-0.15, -0.1) is 0 Å². The highest BCUT2D eigenvalue weighted by molar-refractivity contribution is 5.37. The molecule has 1 aromatic rings. The van der Waals surface area contributed by atoms with Crippen LogP contribution in [0.5, 0.6) is 0 Å². The highest BCUT2D eigenvalue weighted by Gasteiger charge is 2.32. The molecule has 0 aromatic carbocycles. The molecular formula is C15H25N3O. The van der Waals surface area contributed by atoms with Crippen molar-refractivity contribution in [2.24, 2.45) is 5.41 Å². The molecule has 1 aliphatic rings. The maximum Gasteiger partial charge on any atom is 0.160 e. The van der Waals surface area contributed by atoms with E-state index in [0.29, 0.717) is 12.5 Å². The fourth-order valence-electron chi connectivity index (χ4n) is 2.20. The SMILES string of the molecule is CCOC(c1nc(NC)cc(C2CC2)n1)C(C)(C)C. The van der Waals surface area contributed by atoms with Gasteiger partial charge in [-0.2, -0.15) is 0 Å². The second kappa shape index (κ2) is 5.45. The lowest BCUT2D eigenvalue weighted by Crippen LogP contribution is -2.24. The van der Waals surface area contributed by atoms with Crippen molar-refractivity contribution in [3.8, 4) is 0 Å². The van der Waals surface area contributed by atoms with Crippen molar-refractivity contribution in [1.82, 2.24) is 9.97 Å². The van der Waals surface area contributed by atoms with Crippen LogP contribution in [0.2, 0.25) is 0 Å². The third kappa shape index (κ3) is 3.44. The van der Waals surface area contributed by atoms with Crippen molar-refractivity contribution >= 4 is 5.82 Å². The zero-order chi connectivity index (χ0) is 14.0. The summed E-state index contributed by atoms with van der Waals surface area (Å²) in [6.45, 7) is 9.19. The topological polar surface area (TPSA) is 47.0 Å². The first-order valence-corrected chi connectivity index (χ1v) is 7.14. The molecule has 0 spiro atoms. The Morgan fingerprint density at radius 1 is 1.37 bits per heavy atom. The highest BCUT2D eigenvalue weighted by atomic mass is 16.5. The minimum atomic E-state index is -0.0664. The van der Waals surface area contributed by atoms with Crippen LogP contribution in [0.3, 0.4) is 0 Å². The molecule has 1 aliphatic carbocycles. The summed E-state index contributed by atoms with van der Waals surface area (Å²) < 4.78 is 5.89.